The Morgan fingerprint density at radius 1 is 1.29 bits per heavy atom. The highest BCUT2D eigenvalue weighted by atomic mass is 32.1. The third kappa shape index (κ3) is 6.33. The van der Waals surface area contributed by atoms with Crippen molar-refractivity contribution >= 4 is 12.6 Å². The van der Waals surface area contributed by atoms with Crippen molar-refractivity contribution in [1.29, 1.82) is 5.26 Å². The van der Waals surface area contributed by atoms with E-state index >= 15 is 0 Å². The number of rotatable bonds is 9. The largest absolute Gasteiger partial charge is 0.301 e. The fraction of sp³-hybridized carbons (Fsp3) is 0.929. The van der Waals surface area contributed by atoms with Crippen molar-refractivity contribution in [3.63, 3.8) is 0 Å². The number of hydrogen-bond donors (Lipinski definition) is 1. The van der Waals surface area contributed by atoms with Gasteiger partial charge in [0.15, 0.2) is 0 Å². The van der Waals surface area contributed by atoms with E-state index in [0.717, 1.165) is 38.2 Å². The van der Waals surface area contributed by atoms with Crippen LogP contribution < -0.4 is 0 Å². The van der Waals surface area contributed by atoms with E-state index in [1.807, 2.05) is 0 Å². The van der Waals surface area contributed by atoms with Crippen LogP contribution in [0.25, 0.3) is 0 Å². The molecule has 0 aromatic rings. The summed E-state index contributed by atoms with van der Waals surface area (Å²) in [4.78, 5) is 2.44. The first-order chi connectivity index (χ1) is 8.03. The molecule has 0 aromatic heterocycles. The first kappa shape index (κ1) is 16.8. The van der Waals surface area contributed by atoms with Crippen molar-refractivity contribution in [2.24, 2.45) is 11.3 Å². The molecule has 0 saturated carbocycles. The minimum absolute atomic E-state index is 0.313. The average molecular weight is 256 g/mol. The van der Waals surface area contributed by atoms with Crippen molar-refractivity contribution in [1.82, 2.24) is 4.90 Å². The summed E-state index contributed by atoms with van der Waals surface area (Å²) in [7, 11) is 0. The van der Waals surface area contributed by atoms with Crippen LogP contribution in [-0.2, 0) is 0 Å². The van der Waals surface area contributed by atoms with Gasteiger partial charge in [0.05, 0.1) is 6.07 Å². The van der Waals surface area contributed by atoms with Gasteiger partial charge in [-0.05, 0) is 29.9 Å². The number of hydrogen-bond acceptors (Lipinski definition) is 3. The van der Waals surface area contributed by atoms with E-state index in [1.165, 1.54) is 0 Å². The van der Waals surface area contributed by atoms with E-state index in [9.17, 15) is 0 Å². The Morgan fingerprint density at radius 2 is 1.88 bits per heavy atom. The Hall–Kier alpha value is -0.200. The summed E-state index contributed by atoms with van der Waals surface area (Å²) in [5, 5.41) is 8.73. The molecule has 0 aromatic carbocycles. The first-order valence-electron chi connectivity index (χ1n) is 6.73. The normalized spacial score (nSPS) is 12.1. The standard InChI is InChI=1S/C14H28N2S/c1-5-14(6-2,12-17)11-16(9-7-8-15)10-13(3)4/h13,17H,5-7,9-12H2,1-4H3. The Labute approximate surface area is 113 Å². The lowest BCUT2D eigenvalue weighted by Gasteiger charge is -2.36. The third-order valence-corrected chi connectivity index (χ3v) is 4.23. The summed E-state index contributed by atoms with van der Waals surface area (Å²) in [6, 6.07) is 2.25. The molecule has 0 saturated heterocycles. The topological polar surface area (TPSA) is 27.0 Å². The smallest absolute Gasteiger partial charge is 0.0635 e. The van der Waals surface area contributed by atoms with Gasteiger partial charge in [-0.2, -0.15) is 17.9 Å². The molecule has 0 aliphatic heterocycles. The lowest BCUT2D eigenvalue weighted by atomic mass is 9.83. The molecule has 0 bridgehead atoms. The summed E-state index contributed by atoms with van der Waals surface area (Å²) in [5.41, 5.74) is 0.313. The molecule has 0 unspecified atom stereocenters. The van der Waals surface area contributed by atoms with Gasteiger partial charge < -0.3 is 4.90 Å². The molecule has 17 heavy (non-hydrogen) atoms. The summed E-state index contributed by atoms with van der Waals surface area (Å²) >= 11 is 4.53. The van der Waals surface area contributed by atoms with Crippen LogP contribution in [-0.4, -0.2) is 30.3 Å². The van der Waals surface area contributed by atoms with Crippen LogP contribution in [0.5, 0.6) is 0 Å². The molecule has 0 N–H and O–H groups in total. The van der Waals surface area contributed by atoms with Crippen LogP contribution in [0.15, 0.2) is 0 Å². The van der Waals surface area contributed by atoms with Gasteiger partial charge in [0.25, 0.3) is 0 Å². The quantitative estimate of drug-likeness (QED) is 0.638. The van der Waals surface area contributed by atoms with Gasteiger partial charge in [-0.1, -0.05) is 27.7 Å². The number of thiol groups is 1. The summed E-state index contributed by atoms with van der Waals surface area (Å²) in [6.07, 6.45) is 2.95. The highest BCUT2D eigenvalue weighted by molar-refractivity contribution is 7.80. The molecular weight excluding hydrogens is 228 g/mol. The van der Waals surface area contributed by atoms with Crippen LogP contribution in [0, 0.1) is 22.7 Å². The minimum Gasteiger partial charge on any atom is -0.301 e. The van der Waals surface area contributed by atoms with Crippen LogP contribution in [0.4, 0.5) is 0 Å². The number of nitriles is 1. The third-order valence-electron chi connectivity index (χ3n) is 3.56. The second-order valence-electron chi connectivity index (χ2n) is 5.40. The van der Waals surface area contributed by atoms with E-state index in [1.54, 1.807) is 0 Å². The van der Waals surface area contributed by atoms with Gasteiger partial charge in [-0.15, -0.1) is 0 Å². The predicted molar refractivity (Wildman–Crippen MR) is 78.4 cm³/mol. The van der Waals surface area contributed by atoms with E-state index in [2.05, 4.69) is 51.3 Å². The first-order valence-corrected chi connectivity index (χ1v) is 7.37. The predicted octanol–water partition coefficient (Wildman–Crippen LogP) is 3.59. The lowest BCUT2D eigenvalue weighted by molar-refractivity contribution is 0.147. The number of nitrogens with zero attached hydrogens (tertiary/aromatic N) is 2. The van der Waals surface area contributed by atoms with Crippen LogP contribution in [0.2, 0.25) is 0 Å². The summed E-state index contributed by atoms with van der Waals surface area (Å²) in [6.45, 7) is 12.0. The molecular formula is C14H28N2S. The zero-order valence-electron chi connectivity index (χ0n) is 11.9. The summed E-state index contributed by atoms with van der Waals surface area (Å²) < 4.78 is 0. The molecule has 0 aliphatic carbocycles. The van der Waals surface area contributed by atoms with Crippen molar-refractivity contribution in [2.75, 3.05) is 25.4 Å². The molecule has 0 atom stereocenters. The van der Waals surface area contributed by atoms with Crippen LogP contribution in [0.1, 0.15) is 47.0 Å². The highest BCUT2D eigenvalue weighted by Crippen LogP contribution is 2.29. The van der Waals surface area contributed by atoms with E-state index < -0.39 is 0 Å². The van der Waals surface area contributed by atoms with E-state index in [-0.39, 0.29) is 0 Å². The zero-order valence-corrected chi connectivity index (χ0v) is 12.8. The second-order valence-corrected chi connectivity index (χ2v) is 5.72. The van der Waals surface area contributed by atoms with Gasteiger partial charge in [0.2, 0.25) is 0 Å². The van der Waals surface area contributed by atoms with Gasteiger partial charge in [0, 0.05) is 26.1 Å². The molecule has 0 heterocycles. The molecule has 3 heteroatoms. The van der Waals surface area contributed by atoms with Gasteiger partial charge >= 0.3 is 0 Å². The Balaban J connectivity index is 4.52. The van der Waals surface area contributed by atoms with Crippen LogP contribution in [0.3, 0.4) is 0 Å². The summed E-state index contributed by atoms with van der Waals surface area (Å²) in [5.74, 6) is 1.58. The lowest BCUT2D eigenvalue weighted by Crippen LogP contribution is -2.40. The Bertz CT molecular complexity index is 221. The van der Waals surface area contributed by atoms with Crippen molar-refractivity contribution in [3.8, 4) is 6.07 Å². The molecule has 0 fully saturated rings. The molecule has 0 amide bonds. The van der Waals surface area contributed by atoms with Gasteiger partial charge in [-0.25, -0.2) is 0 Å². The zero-order chi connectivity index (χ0) is 13.3. The highest BCUT2D eigenvalue weighted by Gasteiger charge is 2.27. The molecule has 0 rings (SSSR count). The maximum atomic E-state index is 8.73. The molecule has 0 radical (unpaired) electrons. The monoisotopic (exact) mass is 256 g/mol. The van der Waals surface area contributed by atoms with Crippen LogP contribution >= 0.6 is 12.6 Å². The maximum Gasteiger partial charge on any atom is 0.0635 e. The Morgan fingerprint density at radius 3 is 2.24 bits per heavy atom. The second kappa shape index (κ2) is 8.83. The SMILES string of the molecule is CCC(CC)(CS)CN(CCC#N)CC(C)C. The molecule has 100 valence electrons. The van der Waals surface area contributed by atoms with E-state index in [4.69, 9.17) is 5.26 Å². The van der Waals surface area contributed by atoms with E-state index in [0.29, 0.717) is 17.8 Å². The van der Waals surface area contributed by atoms with Crippen molar-refractivity contribution in [2.45, 2.75) is 47.0 Å². The van der Waals surface area contributed by atoms with Crippen molar-refractivity contribution < 1.29 is 0 Å². The average Bonchev–Trinajstić information content (AvgIpc) is 2.32. The fourth-order valence-electron chi connectivity index (χ4n) is 2.18. The maximum absolute atomic E-state index is 8.73. The molecule has 0 spiro atoms. The van der Waals surface area contributed by atoms with Gasteiger partial charge in [-0.3, -0.25) is 0 Å². The molecule has 2 nitrogen and oxygen atoms in total. The minimum atomic E-state index is 0.313. The molecule has 0 aliphatic rings. The van der Waals surface area contributed by atoms with Gasteiger partial charge in [0.1, 0.15) is 0 Å². The van der Waals surface area contributed by atoms with Crippen molar-refractivity contribution in [3.05, 3.63) is 0 Å². The Kier molecular flexibility index (Phi) is 8.72. The fourth-order valence-corrected chi connectivity index (χ4v) is 2.73.